The Hall–Kier alpha value is -1.39. The van der Waals surface area contributed by atoms with Crippen molar-refractivity contribution in [3.05, 3.63) is 35.4 Å². The Bertz CT molecular complexity index is 573. The smallest absolute Gasteiger partial charge is 0.227 e. The molecule has 0 radical (unpaired) electrons. The Balaban J connectivity index is 1.74. The van der Waals surface area contributed by atoms with Gasteiger partial charge in [-0.2, -0.15) is 0 Å². The minimum absolute atomic E-state index is 0.0859. The first-order valence-corrected chi connectivity index (χ1v) is 9.24. The summed E-state index contributed by atoms with van der Waals surface area (Å²) in [4.78, 5) is 12.9. The van der Waals surface area contributed by atoms with Crippen LogP contribution in [0.15, 0.2) is 24.3 Å². The van der Waals surface area contributed by atoms with E-state index in [0.29, 0.717) is 19.8 Å². The van der Waals surface area contributed by atoms with E-state index in [-0.39, 0.29) is 11.3 Å². The van der Waals surface area contributed by atoms with Gasteiger partial charge in [0.25, 0.3) is 0 Å². The van der Waals surface area contributed by atoms with Crippen LogP contribution >= 0.6 is 0 Å². The molecule has 2 aliphatic rings. The first kappa shape index (κ1) is 17.4. The van der Waals surface area contributed by atoms with Crippen LogP contribution in [0.5, 0.6) is 0 Å². The second-order valence-electron chi connectivity index (χ2n) is 7.64. The van der Waals surface area contributed by atoms with Crippen LogP contribution in [0.4, 0.5) is 0 Å². The molecule has 1 aromatic rings. The topological polar surface area (TPSA) is 64.4 Å². The van der Waals surface area contributed by atoms with Gasteiger partial charge in [-0.3, -0.25) is 4.79 Å². The normalized spacial score (nSPS) is 22.2. The lowest BCUT2D eigenvalue weighted by atomic mass is 9.76. The van der Waals surface area contributed by atoms with Gasteiger partial charge in [0.2, 0.25) is 5.91 Å². The highest BCUT2D eigenvalue weighted by atomic mass is 16.5. The number of ether oxygens (including phenoxy) is 1. The van der Waals surface area contributed by atoms with E-state index in [0.717, 1.165) is 32.2 Å². The van der Waals surface area contributed by atoms with Gasteiger partial charge >= 0.3 is 0 Å². The Kier molecular flexibility index (Phi) is 5.26. The number of carbonyl (C=O) groups is 1. The lowest BCUT2D eigenvalue weighted by molar-refractivity contribution is -0.136. The number of benzene rings is 1. The zero-order chi connectivity index (χ0) is 17.0. The number of rotatable bonds is 5. The summed E-state index contributed by atoms with van der Waals surface area (Å²) >= 11 is 0. The number of nitrogens with one attached hydrogen (secondary N) is 1. The minimum Gasteiger partial charge on any atom is -0.381 e. The minimum atomic E-state index is -0.440. The molecule has 1 aliphatic carbocycles. The average molecular weight is 330 g/mol. The predicted octanol–water partition coefficient (Wildman–Crippen LogP) is 2.68. The Morgan fingerprint density at radius 2 is 1.92 bits per heavy atom. The van der Waals surface area contributed by atoms with E-state index < -0.39 is 5.41 Å². The van der Waals surface area contributed by atoms with Gasteiger partial charge in [-0.15, -0.1) is 0 Å². The van der Waals surface area contributed by atoms with Crippen LogP contribution in [-0.4, -0.2) is 32.2 Å². The molecule has 4 nitrogen and oxygen atoms in total. The molecule has 0 bridgehead atoms. The van der Waals surface area contributed by atoms with Crippen molar-refractivity contribution < 1.29 is 9.53 Å². The molecule has 24 heavy (non-hydrogen) atoms. The number of carbonyl (C=O) groups excluding carboxylic acids is 1. The number of aryl methyl sites for hydroxylation is 1. The van der Waals surface area contributed by atoms with Gasteiger partial charge in [0.15, 0.2) is 0 Å². The highest BCUT2D eigenvalue weighted by molar-refractivity contribution is 5.83. The van der Waals surface area contributed by atoms with Crippen LogP contribution in [0.2, 0.25) is 0 Å². The fourth-order valence-corrected chi connectivity index (χ4v) is 4.32. The van der Waals surface area contributed by atoms with Crippen molar-refractivity contribution in [3.63, 3.8) is 0 Å². The maximum atomic E-state index is 12.9. The van der Waals surface area contributed by atoms with Crippen molar-refractivity contribution in [3.8, 4) is 0 Å². The zero-order valence-corrected chi connectivity index (χ0v) is 14.8. The van der Waals surface area contributed by atoms with Gasteiger partial charge in [0.1, 0.15) is 0 Å². The van der Waals surface area contributed by atoms with Gasteiger partial charge in [0, 0.05) is 31.7 Å². The van der Waals surface area contributed by atoms with E-state index in [1.165, 1.54) is 24.0 Å². The summed E-state index contributed by atoms with van der Waals surface area (Å²) < 4.78 is 5.42. The average Bonchev–Trinajstić information content (AvgIpc) is 3.10. The lowest BCUT2D eigenvalue weighted by Gasteiger charge is -2.37. The van der Waals surface area contributed by atoms with Crippen LogP contribution in [0.25, 0.3) is 0 Å². The quantitative estimate of drug-likeness (QED) is 0.872. The third-order valence-electron chi connectivity index (χ3n) is 6.10. The molecule has 132 valence electrons. The summed E-state index contributed by atoms with van der Waals surface area (Å²) in [7, 11) is 0. The van der Waals surface area contributed by atoms with Gasteiger partial charge < -0.3 is 15.8 Å². The van der Waals surface area contributed by atoms with Crippen LogP contribution in [-0.2, 0) is 14.9 Å². The molecule has 1 saturated carbocycles. The molecular formula is C20H30N2O2. The van der Waals surface area contributed by atoms with E-state index >= 15 is 0 Å². The second kappa shape index (κ2) is 7.24. The molecule has 0 unspecified atom stereocenters. The molecule has 4 heteroatoms. The van der Waals surface area contributed by atoms with E-state index in [9.17, 15) is 4.79 Å². The predicted molar refractivity (Wildman–Crippen MR) is 95.9 cm³/mol. The third-order valence-corrected chi connectivity index (χ3v) is 6.10. The monoisotopic (exact) mass is 330 g/mol. The Labute approximate surface area is 145 Å². The van der Waals surface area contributed by atoms with Gasteiger partial charge in [0.05, 0.1) is 5.41 Å². The van der Waals surface area contributed by atoms with Crippen molar-refractivity contribution >= 4 is 5.91 Å². The molecular weight excluding hydrogens is 300 g/mol. The molecule has 0 spiro atoms. The molecule has 1 amide bonds. The molecule has 3 rings (SSSR count). The van der Waals surface area contributed by atoms with Crippen molar-refractivity contribution in [1.29, 1.82) is 0 Å². The van der Waals surface area contributed by atoms with E-state index in [1.54, 1.807) is 0 Å². The van der Waals surface area contributed by atoms with Gasteiger partial charge in [-0.25, -0.2) is 0 Å². The fraction of sp³-hybridized carbons (Fsp3) is 0.650. The van der Waals surface area contributed by atoms with Crippen LogP contribution in [0.3, 0.4) is 0 Å². The van der Waals surface area contributed by atoms with Gasteiger partial charge in [-0.05, 0) is 38.2 Å². The van der Waals surface area contributed by atoms with E-state index in [2.05, 4.69) is 36.5 Å². The second-order valence-corrected chi connectivity index (χ2v) is 7.64. The third kappa shape index (κ3) is 3.35. The van der Waals surface area contributed by atoms with Crippen LogP contribution < -0.4 is 11.1 Å². The summed E-state index contributed by atoms with van der Waals surface area (Å²) in [5.41, 5.74) is 8.27. The molecule has 0 aromatic heterocycles. The number of hydrogen-bond acceptors (Lipinski definition) is 3. The van der Waals surface area contributed by atoms with Crippen LogP contribution in [0.1, 0.15) is 49.7 Å². The van der Waals surface area contributed by atoms with Crippen molar-refractivity contribution in [1.82, 2.24) is 5.32 Å². The molecule has 0 atom stereocenters. The number of amides is 1. The summed E-state index contributed by atoms with van der Waals surface area (Å²) in [6, 6.07) is 8.77. The van der Waals surface area contributed by atoms with Gasteiger partial charge in [-0.1, -0.05) is 42.7 Å². The first-order valence-electron chi connectivity index (χ1n) is 9.24. The summed E-state index contributed by atoms with van der Waals surface area (Å²) in [6.07, 6.45) is 6.23. The van der Waals surface area contributed by atoms with Crippen molar-refractivity contribution in [2.24, 2.45) is 11.1 Å². The molecule has 1 saturated heterocycles. The van der Waals surface area contributed by atoms with E-state index in [1.807, 2.05) is 0 Å². The highest BCUT2D eigenvalue weighted by Gasteiger charge is 2.41. The SMILES string of the molecule is Cc1cccc(C2(CNC(=O)C3(CN)CCOCC3)CCCC2)c1. The maximum Gasteiger partial charge on any atom is 0.227 e. The molecule has 1 aromatic carbocycles. The Morgan fingerprint density at radius 1 is 1.21 bits per heavy atom. The summed E-state index contributed by atoms with van der Waals surface area (Å²) in [5, 5.41) is 3.27. The largest absolute Gasteiger partial charge is 0.381 e. The van der Waals surface area contributed by atoms with Crippen LogP contribution in [0, 0.1) is 12.3 Å². The molecule has 2 fully saturated rings. The maximum absolute atomic E-state index is 12.9. The Morgan fingerprint density at radius 3 is 2.54 bits per heavy atom. The van der Waals surface area contributed by atoms with Crippen molar-refractivity contribution in [2.45, 2.75) is 50.9 Å². The first-order chi connectivity index (χ1) is 11.6. The summed E-state index contributed by atoms with van der Waals surface area (Å²) in [6.45, 7) is 4.52. The molecule has 1 heterocycles. The highest BCUT2D eigenvalue weighted by Crippen LogP contribution is 2.41. The number of hydrogen-bond donors (Lipinski definition) is 2. The van der Waals surface area contributed by atoms with E-state index in [4.69, 9.17) is 10.5 Å². The fourth-order valence-electron chi connectivity index (χ4n) is 4.32. The lowest BCUT2D eigenvalue weighted by Crippen LogP contribution is -2.51. The molecule has 1 aliphatic heterocycles. The standard InChI is InChI=1S/C20H30N2O2/c1-16-5-4-6-17(13-16)20(7-2-3-8-20)15-22-18(23)19(14-21)9-11-24-12-10-19/h4-6,13H,2-3,7-12,14-15,21H2,1H3,(H,22,23). The summed E-state index contributed by atoms with van der Waals surface area (Å²) in [5.74, 6) is 0.118. The number of nitrogens with two attached hydrogens (primary N) is 1. The van der Waals surface area contributed by atoms with Crippen molar-refractivity contribution in [2.75, 3.05) is 26.3 Å². The molecule has 3 N–H and O–H groups in total. The zero-order valence-electron chi connectivity index (χ0n) is 14.8.